The lowest BCUT2D eigenvalue weighted by atomic mass is 9.91. The van der Waals surface area contributed by atoms with Gasteiger partial charge in [-0.2, -0.15) is 0 Å². The fourth-order valence-corrected chi connectivity index (χ4v) is 2.37. The maximum absolute atomic E-state index is 4.00. The van der Waals surface area contributed by atoms with Gasteiger partial charge in [0, 0.05) is 18.6 Å². The first kappa shape index (κ1) is 11.5. The molecular weight excluding hydrogens is 170 g/mol. The molecule has 0 aliphatic carbocycles. The van der Waals surface area contributed by atoms with Gasteiger partial charge in [0.25, 0.3) is 0 Å². The zero-order valence-electron chi connectivity index (χ0n) is 9.84. The molecule has 2 atom stereocenters. The Bertz CT molecular complexity index is 231. The summed E-state index contributed by atoms with van der Waals surface area (Å²) in [6.07, 6.45) is 4.57. The SMILES string of the molecule is C=C[C@H]1CN(CC(=C)C)C(C)(CC)C1. The van der Waals surface area contributed by atoms with Crippen LogP contribution in [-0.4, -0.2) is 23.5 Å². The van der Waals surface area contributed by atoms with Crippen LogP contribution in [0.5, 0.6) is 0 Å². The predicted molar refractivity (Wildman–Crippen MR) is 63.4 cm³/mol. The van der Waals surface area contributed by atoms with E-state index in [4.69, 9.17) is 0 Å². The van der Waals surface area contributed by atoms with Gasteiger partial charge in [0.2, 0.25) is 0 Å². The molecule has 1 fully saturated rings. The molecule has 14 heavy (non-hydrogen) atoms. The Kier molecular flexibility index (Phi) is 3.54. The van der Waals surface area contributed by atoms with E-state index in [0.29, 0.717) is 11.5 Å². The van der Waals surface area contributed by atoms with E-state index in [-0.39, 0.29) is 0 Å². The van der Waals surface area contributed by atoms with Crippen LogP contribution >= 0.6 is 0 Å². The first-order valence-corrected chi connectivity index (χ1v) is 5.54. The van der Waals surface area contributed by atoms with Gasteiger partial charge in [0.1, 0.15) is 0 Å². The van der Waals surface area contributed by atoms with E-state index in [1.807, 2.05) is 0 Å². The van der Waals surface area contributed by atoms with Crippen molar-refractivity contribution in [1.29, 1.82) is 0 Å². The first-order valence-electron chi connectivity index (χ1n) is 5.54. The molecule has 1 unspecified atom stereocenters. The summed E-state index contributed by atoms with van der Waals surface area (Å²) in [7, 11) is 0. The molecule has 1 nitrogen and oxygen atoms in total. The molecule has 1 aliphatic rings. The molecule has 0 amide bonds. The van der Waals surface area contributed by atoms with Crippen molar-refractivity contribution < 1.29 is 0 Å². The lowest BCUT2D eigenvalue weighted by Gasteiger charge is -2.34. The van der Waals surface area contributed by atoms with Crippen LogP contribution in [0.4, 0.5) is 0 Å². The lowest BCUT2D eigenvalue weighted by molar-refractivity contribution is 0.164. The highest BCUT2D eigenvalue weighted by Crippen LogP contribution is 2.36. The van der Waals surface area contributed by atoms with Crippen LogP contribution in [0.15, 0.2) is 24.8 Å². The third-order valence-electron chi connectivity index (χ3n) is 3.48. The van der Waals surface area contributed by atoms with Crippen LogP contribution in [-0.2, 0) is 0 Å². The van der Waals surface area contributed by atoms with Crippen LogP contribution in [0, 0.1) is 5.92 Å². The van der Waals surface area contributed by atoms with E-state index in [9.17, 15) is 0 Å². The molecule has 0 radical (unpaired) electrons. The number of nitrogens with zero attached hydrogens (tertiary/aromatic N) is 1. The second kappa shape index (κ2) is 4.31. The quantitative estimate of drug-likeness (QED) is 0.620. The second-order valence-electron chi connectivity index (χ2n) is 4.89. The maximum Gasteiger partial charge on any atom is 0.0193 e. The van der Waals surface area contributed by atoms with Gasteiger partial charge >= 0.3 is 0 Å². The van der Waals surface area contributed by atoms with E-state index >= 15 is 0 Å². The van der Waals surface area contributed by atoms with Crippen molar-refractivity contribution in [3.63, 3.8) is 0 Å². The highest BCUT2D eigenvalue weighted by molar-refractivity contribution is 5.05. The average Bonchev–Trinajstić information content (AvgIpc) is 2.44. The van der Waals surface area contributed by atoms with Gasteiger partial charge in [0.05, 0.1) is 0 Å². The van der Waals surface area contributed by atoms with E-state index in [0.717, 1.165) is 13.1 Å². The lowest BCUT2D eigenvalue weighted by Crippen LogP contribution is -2.41. The first-order chi connectivity index (χ1) is 6.51. The molecule has 0 saturated carbocycles. The summed E-state index contributed by atoms with van der Waals surface area (Å²) in [4.78, 5) is 2.56. The topological polar surface area (TPSA) is 3.24 Å². The minimum Gasteiger partial charge on any atom is -0.293 e. The summed E-state index contributed by atoms with van der Waals surface area (Å²) in [6.45, 7) is 16.8. The van der Waals surface area contributed by atoms with Crippen molar-refractivity contribution in [3.8, 4) is 0 Å². The predicted octanol–water partition coefficient (Wildman–Crippen LogP) is 3.24. The molecule has 0 aromatic heterocycles. The molecule has 80 valence electrons. The largest absolute Gasteiger partial charge is 0.293 e. The van der Waals surface area contributed by atoms with Crippen molar-refractivity contribution >= 4 is 0 Å². The smallest absolute Gasteiger partial charge is 0.0193 e. The molecule has 0 spiro atoms. The van der Waals surface area contributed by atoms with Gasteiger partial charge < -0.3 is 0 Å². The molecule has 0 aromatic rings. The van der Waals surface area contributed by atoms with Gasteiger partial charge in [0.15, 0.2) is 0 Å². The van der Waals surface area contributed by atoms with Crippen LogP contribution < -0.4 is 0 Å². The van der Waals surface area contributed by atoms with E-state index in [2.05, 4.69) is 44.9 Å². The highest BCUT2D eigenvalue weighted by atomic mass is 15.2. The van der Waals surface area contributed by atoms with E-state index in [1.54, 1.807) is 0 Å². The number of rotatable bonds is 4. The Morgan fingerprint density at radius 2 is 2.29 bits per heavy atom. The number of hydrogen-bond acceptors (Lipinski definition) is 1. The summed E-state index contributed by atoms with van der Waals surface area (Å²) < 4.78 is 0. The van der Waals surface area contributed by atoms with Crippen molar-refractivity contribution in [2.45, 2.75) is 39.2 Å². The average molecular weight is 193 g/mol. The Morgan fingerprint density at radius 1 is 1.64 bits per heavy atom. The van der Waals surface area contributed by atoms with Crippen molar-refractivity contribution in [3.05, 3.63) is 24.8 Å². The van der Waals surface area contributed by atoms with Gasteiger partial charge in [-0.1, -0.05) is 25.2 Å². The highest BCUT2D eigenvalue weighted by Gasteiger charge is 2.38. The molecule has 0 aromatic carbocycles. The molecule has 1 heteroatoms. The fourth-order valence-electron chi connectivity index (χ4n) is 2.37. The molecule has 1 saturated heterocycles. The van der Waals surface area contributed by atoms with Crippen molar-refractivity contribution in [2.24, 2.45) is 5.92 Å². The number of hydrogen-bond donors (Lipinski definition) is 0. The van der Waals surface area contributed by atoms with Crippen LogP contribution in [0.25, 0.3) is 0 Å². The standard InChI is InChI=1S/C13H23N/c1-6-12-8-13(5,7-2)14(10-12)9-11(3)4/h6,12H,1,3,7-10H2,2,4-5H3/t12-,13?/m1/s1. The van der Waals surface area contributed by atoms with E-state index < -0.39 is 0 Å². The third-order valence-corrected chi connectivity index (χ3v) is 3.48. The van der Waals surface area contributed by atoms with E-state index in [1.165, 1.54) is 18.4 Å². The molecule has 0 N–H and O–H groups in total. The Hall–Kier alpha value is -0.560. The fraction of sp³-hybridized carbons (Fsp3) is 0.692. The Morgan fingerprint density at radius 3 is 2.71 bits per heavy atom. The van der Waals surface area contributed by atoms with Gasteiger partial charge in [-0.15, -0.1) is 6.58 Å². The minimum absolute atomic E-state index is 0.359. The monoisotopic (exact) mass is 193 g/mol. The van der Waals surface area contributed by atoms with Gasteiger partial charge in [-0.3, -0.25) is 4.90 Å². The summed E-state index contributed by atoms with van der Waals surface area (Å²) in [5.74, 6) is 0.666. The molecule has 0 bridgehead atoms. The molecular formula is C13H23N. The maximum atomic E-state index is 4.00. The molecule has 1 aliphatic heterocycles. The van der Waals surface area contributed by atoms with Crippen molar-refractivity contribution in [2.75, 3.05) is 13.1 Å². The second-order valence-corrected chi connectivity index (χ2v) is 4.89. The summed E-state index contributed by atoms with van der Waals surface area (Å²) in [5.41, 5.74) is 1.62. The Balaban J connectivity index is 2.71. The van der Waals surface area contributed by atoms with Crippen LogP contribution in [0.2, 0.25) is 0 Å². The zero-order chi connectivity index (χ0) is 10.8. The van der Waals surface area contributed by atoms with Gasteiger partial charge in [-0.05, 0) is 32.6 Å². The van der Waals surface area contributed by atoms with Crippen molar-refractivity contribution in [1.82, 2.24) is 4.90 Å². The molecule has 1 heterocycles. The normalized spacial score (nSPS) is 33.2. The molecule has 1 rings (SSSR count). The summed E-state index contributed by atoms with van der Waals surface area (Å²) >= 11 is 0. The van der Waals surface area contributed by atoms with Crippen LogP contribution in [0.3, 0.4) is 0 Å². The van der Waals surface area contributed by atoms with Gasteiger partial charge in [-0.25, -0.2) is 0 Å². The third kappa shape index (κ3) is 2.27. The Labute approximate surface area is 88.5 Å². The number of likely N-dealkylation sites (tertiary alicyclic amines) is 1. The summed E-state index contributed by atoms with van der Waals surface area (Å²) in [5, 5.41) is 0. The summed E-state index contributed by atoms with van der Waals surface area (Å²) in [6, 6.07) is 0. The minimum atomic E-state index is 0.359. The zero-order valence-corrected chi connectivity index (χ0v) is 9.84. The van der Waals surface area contributed by atoms with Crippen LogP contribution in [0.1, 0.15) is 33.6 Å².